The van der Waals surface area contributed by atoms with Crippen molar-refractivity contribution >= 4 is 11.8 Å². The van der Waals surface area contributed by atoms with E-state index in [4.69, 9.17) is 5.84 Å². The lowest BCUT2D eigenvalue weighted by Gasteiger charge is -2.23. The number of fused-ring (bicyclic) bond motifs is 1. The van der Waals surface area contributed by atoms with Crippen LogP contribution in [-0.4, -0.2) is 15.3 Å². The second kappa shape index (κ2) is 5.36. The third-order valence-corrected chi connectivity index (χ3v) is 4.89. The average molecular weight is 274 g/mol. The summed E-state index contributed by atoms with van der Waals surface area (Å²) in [4.78, 5) is 5.85. The summed E-state index contributed by atoms with van der Waals surface area (Å²) in [6.45, 7) is 3.03. The molecule has 5 heteroatoms. The minimum atomic E-state index is 0.0612. The number of hydrazine groups is 1. The zero-order valence-corrected chi connectivity index (χ0v) is 11.7. The molecule has 1 aromatic carbocycles. The first-order valence-corrected chi connectivity index (χ1v) is 7.52. The highest BCUT2D eigenvalue weighted by molar-refractivity contribution is 7.99. The lowest BCUT2D eigenvalue weighted by molar-refractivity contribution is 0.443. The first-order chi connectivity index (χ1) is 9.35. The Morgan fingerprint density at radius 2 is 2.37 bits per heavy atom. The summed E-state index contributed by atoms with van der Waals surface area (Å²) in [6.07, 6.45) is 3.85. The van der Waals surface area contributed by atoms with Crippen molar-refractivity contribution in [1.82, 2.24) is 15.0 Å². The molecule has 0 amide bonds. The fourth-order valence-electron chi connectivity index (χ4n) is 2.70. The molecule has 1 aromatic heterocycles. The highest BCUT2D eigenvalue weighted by Crippen LogP contribution is 2.44. The van der Waals surface area contributed by atoms with Crippen LogP contribution in [0, 0.1) is 0 Å². The molecular formula is C14H18N4S. The molecule has 2 heterocycles. The first kappa shape index (κ1) is 12.7. The Hall–Kier alpha value is -1.30. The van der Waals surface area contributed by atoms with Gasteiger partial charge in [0.1, 0.15) is 5.82 Å². The molecule has 3 rings (SSSR count). The Kier molecular flexibility index (Phi) is 3.59. The molecule has 0 radical (unpaired) electrons. The van der Waals surface area contributed by atoms with Gasteiger partial charge in [-0.25, -0.2) is 10.4 Å². The number of nitrogens with two attached hydrogens (primary N) is 1. The average Bonchev–Trinajstić information content (AvgIpc) is 3.07. The lowest BCUT2D eigenvalue weighted by Crippen LogP contribution is -2.34. The van der Waals surface area contributed by atoms with Crippen molar-refractivity contribution in [3.63, 3.8) is 0 Å². The van der Waals surface area contributed by atoms with Gasteiger partial charge < -0.3 is 4.57 Å². The van der Waals surface area contributed by atoms with Gasteiger partial charge in [-0.1, -0.05) is 18.2 Å². The van der Waals surface area contributed by atoms with Crippen LogP contribution in [0.3, 0.4) is 0 Å². The minimum absolute atomic E-state index is 0.0612. The van der Waals surface area contributed by atoms with Crippen molar-refractivity contribution in [2.45, 2.75) is 30.3 Å². The Bertz CT molecular complexity index is 566. The molecular weight excluding hydrogens is 256 g/mol. The number of aryl methyl sites for hydroxylation is 1. The maximum Gasteiger partial charge on any atom is 0.127 e. The monoisotopic (exact) mass is 274 g/mol. The Labute approximate surface area is 117 Å². The van der Waals surface area contributed by atoms with Crippen molar-refractivity contribution in [3.05, 3.63) is 48.0 Å². The van der Waals surface area contributed by atoms with E-state index in [1.54, 1.807) is 0 Å². The Balaban J connectivity index is 1.97. The van der Waals surface area contributed by atoms with Gasteiger partial charge in [-0.05, 0) is 18.6 Å². The van der Waals surface area contributed by atoms with E-state index < -0.39 is 0 Å². The van der Waals surface area contributed by atoms with Crippen molar-refractivity contribution in [3.8, 4) is 0 Å². The first-order valence-electron chi connectivity index (χ1n) is 6.54. The van der Waals surface area contributed by atoms with Gasteiger partial charge in [-0.15, -0.1) is 11.8 Å². The van der Waals surface area contributed by atoms with E-state index in [-0.39, 0.29) is 6.04 Å². The zero-order chi connectivity index (χ0) is 13.2. The van der Waals surface area contributed by atoms with Gasteiger partial charge in [0.05, 0.1) is 6.04 Å². The van der Waals surface area contributed by atoms with Gasteiger partial charge in [0.2, 0.25) is 0 Å². The normalized spacial score (nSPS) is 19.4. The van der Waals surface area contributed by atoms with Crippen LogP contribution in [0.25, 0.3) is 0 Å². The molecule has 0 saturated carbocycles. The number of imidazole rings is 1. The molecule has 0 aliphatic carbocycles. The fraction of sp³-hybridized carbons (Fsp3) is 0.357. The third-order valence-electron chi connectivity index (χ3n) is 3.69. The summed E-state index contributed by atoms with van der Waals surface area (Å²) in [6, 6.07) is 8.62. The zero-order valence-electron chi connectivity index (χ0n) is 10.9. The van der Waals surface area contributed by atoms with Crippen LogP contribution in [0.1, 0.15) is 30.3 Å². The quantitative estimate of drug-likeness (QED) is 0.663. The number of hydrogen-bond acceptors (Lipinski definition) is 4. The van der Waals surface area contributed by atoms with Gasteiger partial charge in [0, 0.05) is 35.5 Å². The summed E-state index contributed by atoms with van der Waals surface area (Å²) in [7, 11) is 0. The second-order valence-electron chi connectivity index (χ2n) is 4.67. The molecule has 2 atom stereocenters. The molecule has 100 valence electrons. The van der Waals surface area contributed by atoms with E-state index in [0.717, 1.165) is 18.1 Å². The molecule has 3 N–H and O–H groups in total. The molecule has 2 unspecified atom stereocenters. The van der Waals surface area contributed by atoms with Gasteiger partial charge in [0.15, 0.2) is 0 Å². The number of nitrogens with zero attached hydrogens (tertiary/aromatic N) is 2. The molecule has 4 nitrogen and oxygen atoms in total. The Morgan fingerprint density at radius 3 is 3.16 bits per heavy atom. The lowest BCUT2D eigenvalue weighted by atomic mass is 9.93. The number of nitrogens with one attached hydrogen (secondary N) is 1. The number of thioether (sulfide) groups is 1. The summed E-state index contributed by atoms with van der Waals surface area (Å²) in [5, 5.41) is 0. The molecule has 2 aromatic rings. The van der Waals surface area contributed by atoms with Gasteiger partial charge in [-0.3, -0.25) is 5.84 Å². The maximum absolute atomic E-state index is 5.81. The summed E-state index contributed by atoms with van der Waals surface area (Å²) in [5.74, 6) is 8.25. The number of rotatable bonds is 4. The van der Waals surface area contributed by atoms with E-state index in [2.05, 4.69) is 46.2 Å². The van der Waals surface area contributed by atoms with Crippen molar-refractivity contribution < 1.29 is 0 Å². The van der Waals surface area contributed by atoms with Crippen LogP contribution in [-0.2, 0) is 6.54 Å². The van der Waals surface area contributed by atoms with Crippen LogP contribution in [0.5, 0.6) is 0 Å². The maximum atomic E-state index is 5.81. The van der Waals surface area contributed by atoms with Crippen molar-refractivity contribution in [2.24, 2.45) is 5.84 Å². The van der Waals surface area contributed by atoms with Gasteiger partial charge in [-0.2, -0.15) is 0 Å². The number of aromatic nitrogens is 2. The second-order valence-corrected chi connectivity index (χ2v) is 5.73. The van der Waals surface area contributed by atoms with E-state index in [9.17, 15) is 0 Å². The van der Waals surface area contributed by atoms with Crippen LogP contribution >= 0.6 is 11.8 Å². The van der Waals surface area contributed by atoms with Crippen molar-refractivity contribution in [1.29, 1.82) is 0 Å². The van der Waals surface area contributed by atoms with Gasteiger partial charge >= 0.3 is 0 Å². The van der Waals surface area contributed by atoms with E-state index in [0.29, 0.717) is 5.92 Å². The topological polar surface area (TPSA) is 55.9 Å². The van der Waals surface area contributed by atoms with E-state index in [1.165, 1.54) is 10.5 Å². The molecule has 0 bridgehead atoms. The van der Waals surface area contributed by atoms with Crippen LogP contribution in [0.4, 0.5) is 0 Å². The predicted molar refractivity (Wildman–Crippen MR) is 77.9 cm³/mol. The van der Waals surface area contributed by atoms with E-state index in [1.807, 2.05) is 24.2 Å². The largest absolute Gasteiger partial charge is 0.334 e. The van der Waals surface area contributed by atoms with Crippen LogP contribution in [0.2, 0.25) is 0 Å². The van der Waals surface area contributed by atoms with Crippen LogP contribution < -0.4 is 11.3 Å². The van der Waals surface area contributed by atoms with Gasteiger partial charge in [0.25, 0.3) is 0 Å². The predicted octanol–water partition coefficient (Wildman–Crippen LogP) is 2.30. The standard InChI is InChI=1S/C14H18N4S/c1-2-18-8-7-16-14(18)13(17-15)11-9-19-12-6-4-3-5-10(11)12/h3-8,11,13,17H,2,9,15H2,1H3. The summed E-state index contributed by atoms with van der Waals surface area (Å²) < 4.78 is 2.15. The number of benzene rings is 1. The molecule has 19 heavy (non-hydrogen) atoms. The molecule has 0 fully saturated rings. The Morgan fingerprint density at radius 1 is 1.53 bits per heavy atom. The van der Waals surface area contributed by atoms with Crippen LogP contribution in [0.15, 0.2) is 41.6 Å². The van der Waals surface area contributed by atoms with Crippen molar-refractivity contribution in [2.75, 3.05) is 5.75 Å². The molecule has 0 saturated heterocycles. The molecule has 1 aliphatic heterocycles. The highest BCUT2D eigenvalue weighted by Gasteiger charge is 2.32. The minimum Gasteiger partial charge on any atom is -0.334 e. The smallest absolute Gasteiger partial charge is 0.127 e. The third kappa shape index (κ3) is 2.18. The SMILES string of the molecule is CCn1ccnc1C(NN)C1CSc2ccccc21. The van der Waals surface area contributed by atoms with E-state index >= 15 is 0 Å². The molecule has 1 aliphatic rings. The summed E-state index contributed by atoms with van der Waals surface area (Å²) >= 11 is 1.90. The summed E-state index contributed by atoms with van der Waals surface area (Å²) in [5.41, 5.74) is 4.34. The number of hydrogen-bond donors (Lipinski definition) is 2. The fourth-order valence-corrected chi connectivity index (χ4v) is 3.99. The highest BCUT2D eigenvalue weighted by atomic mass is 32.2. The molecule has 0 spiro atoms.